The highest BCUT2D eigenvalue weighted by atomic mass is 16.1. The van der Waals surface area contributed by atoms with E-state index in [0.717, 1.165) is 17.7 Å². The number of carbonyl (C=O) groups excluding carboxylic acids is 1. The molecule has 0 amide bonds. The van der Waals surface area contributed by atoms with Gasteiger partial charge in [-0.15, -0.1) is 0 Å². The molecule has 4 heteroatoms. The van der Waals surface area contributed by atoms with Crippen LogP contribution in [0.25, 0.3) is 0 Å². The highest BCUT2D eigenvalue weighted by molar-refractivity contribution is 6.27. The Morgan fingerprint density at radius 2 is 2.00 bits per heavy atom. The zero-order valence-electron chi connectivity index (χ0n) is 12.3. The molecule has 0 unspecified atom stereocenters. The molecule has 4 nitrogen and oxygen atoms in total. The summed E-state index contributed by atoms with van der Waals surface area (Å²) in [5, 5.41) is 0. The van der Waals surface area contributed by atoms with Crippen LogP contribution in [0.1, 0.15) is 35.7 Å². The third-order valence-corrected chi connectivity index (χ3v) is 3.24. The van der Waals surface area contributed by atoms with Crippen LogP contribution in [0.4, 0.5) is 0 Å². The number of fused-ring (bicyclic) bond motifs is 1. The first-order valence-corrected chi connectivity index (χ1v) is 6.96. The lowest BCUT2D eigenvalue weighted by molar-refractivity contribution is 0.103. The number of amidine groups is 1. The molecule has 21 heavy (non-hydrogen) atoms. The lowest BCUT2D eigenvalue weighted by Crippen LogP contribution is -2.22. The highest BCUT2D eigenvalue weighted by Crippen LogP contribution is 2.23. The van der Waals surface area contributed by atoms with Gasteiger partial charge in [0.05, 0.1) is 5.71 Å². The van der Waals surface area contributed by atoms with Crippen LogP contribution in [0.5, 0.6) is 0 Å². The van der Waals surface area contributed by atoms with E-state index in [1.807, 2.05) is 37.3 Å². The Balaban J connectivity index is 2.30. The predicted octanol–water partition coefficient (Wildman–Crippen LogP) is 2.90. The van der Waals surface area contributed by atoms with Gasteiger partial charge in [-0.25, -0.2) is 4.99 Å². The Hall–Kier alpha value is -2.49. The number of hydrogen-bond acceptors (Lipinski definition) is 3. The quantitative estimate of drug-likeness (QED) is 0.681. The van der Waals surface area contributed by atoms with Crippen molar-refractivity contribution in [2.75, 3.05) is 7.05 Å². The van der Waals surface area contributed by atoms with E-state index in [4.69, 9.17) is 5.73 Å². The Morgan fingerprint density at radius 3 is 2.67 bits per heavy atom. The molecular weight excluding hydrogens is 262 g/mol. The van der Waals surface area contributed by atoms with Crippen LogP contribution in [0.3, 0.4) is 0 Å². The first-order valence-electron chi connectivity index (χ1n) is 6.96. The van der Waals surface area contributed by atoms with Crippen molar-refractivity contribution in [2.45, 2.75) is 19.8 Å². The van der Waals surface area contributed by atoms with Gasteiger partial charge in [0, 0.05) is 36.4 Å². The Bertz CT molecular complexity index is 666. The minimum absolute atomic E-state index is 0.00405. The van der Waals surface area contributed by atoms with Gasteiger partial charge >= 0.3 is 0 Å². The smallest absolute Gasteiger partial charge is 0.190 e. The molecule has 0 saturated heterocycles. The molecular formula is C17H19N3O. The average molecular weight is 281 g/mol. The summed E-state index contributed by atoms with van der Waals surface area (Å²) in [7, 11) is 1.72. The van der Waals surface area contributed by atoms with E-state index in [1.165, 1.54) is 0 Å². The van der Waals surface area contributed by atoms with E-state index in [-0.39, 0.29) is 5.78 Å². The van der Waals surface area contributed by atoms with E-state index in [1.54, 1.807) is 19.3 Å². The molecule has 1 aliphatic rings. The lowest BCUT2D eigenvalue weighted by atomic mass is 9.87. The molecule has 2 rings (SSSR count). The van der Waals surface area contributed by atoms with Crippen molar-refractivity contribution in [1.82, 2.24) is 0 Å². The number of aliphatic imine (C=N–C) groups is 2. The number of allylic oxidation sites excluding steroid dienone is 2. The molecule has 0 aromatic heterocycles. The highest BCUT2D eigenvalue weighted by Gasteiger charge is 2.23. The van der Waals surface area contributed by atoms with E-state index in [2.05, 4.69) is 9.98 Å². The number of carbonyl (C=O) groups is 1. The molecule has 0 spiro atoms. The number of nitrogens with two attached hydrogens (primary N) is 1. The monoisotopic (exact) mass is 281 g/mol. The third-order valence-electron chi connectivity index (χ3n) is 3.24. The number of ketones is 1. The van der Waals surface area contributed by atoms with Gasteiger partial charge in [0.25, 0.3) is 0 Å². The Labute approximate surface area is 124 Å². The zero-order valence-corrected chi connectivity index (χ0v) is 12.3. The number of rotatable bonds is 4. The molecule has 1 aliphatic carbocycles. The second kappa shape index (κ2) is 6.79. The first kappa shape index (κ1) is 14.9. The summed E-state index contributed by atoms with van der Waals surface area (Å²) in [4.78, 5) is 20.9. The summed E-state index contributed by atoms with van der Waals surface area (Å²) < 4.78 is 0. The van der Waals surface area contributed by atoms with Gasteiger partial charge < -0.3 is 5.73 Å². The average Bonchev–Trinajstić information content (AvgIpc) is 2.50. The predicted molar refractivity (Wildman–Crippen MR) is 87.0 cm³/mol. The molecule has 108 valence electrons. The maximum atomic E-state index is 12.5. The van der Waals surface area contributed by atoms with Crippen molar-refractivity contribution in [1.29, 1.82) is 0 Å². The van der Waals surface area contributed by atoms with Crippen LogP contribution in [-0.2, 0) is 0 Å². The Morgan fingerprint density at radius 1 is 1.29 bits per heavy atom. The molecule has 1 aromatic carbocycles. The van der Waals surface area contributed by atoms with E-state index in [0.29, 0.717) is 23.4 Å². The molecule has 2 N–H and O–H groups in total. The van der Waals surface area contributed by atoms with Crippen LogP contribution in [-0.4, -0.2) is 24.4 Å². The molecule has 0 atom stereocenters. The van der Waals surface area contributed by atoms with Crippen LogP contribution in [0, 0.1) is 0 Å². The summed E-state index contributed by atoms with van der Waals surface area (Å²) in [6, 6.07) is 7.49. The molecule has 0 fully saturated rings. The van der Waals surface area contributed by atoms with Gasteiger partial charge in [0.2, 0.25) is 0 Å². The third kappa shape index (κ3) is 3.34. The summed E-state index contributed by atoms with van der Waals surface area (Å²) in [6.45, 7) is 2.02. The van der Waals surface area contributed by atoms with E-state index >= 15 is 0 Å². The minimum atomic E-state index is -0.00405. The number of hydrogen-bond donors (Lipinski definition) is 1. The fraction of sp³-hybridized carbons (Fsp3) is 0.235. The summed E-state index contributed by atoms with van der Waals surface area (Å²) in [5.74, 6) is 0.421. The van der Waals surface area contributed by atoms with Crippen molar-refractivity contribution in [3.8, 4) is 0 Å². The number of nitrogens with zero attached hydrogens (tertiary/aromatic N) is 2. The van der Waals surface area contributed by atoms with Crippen LogP contribution in [0.15, 0.2) is 58.2 Å². The van der Waals surface area contributed by atoms with Gasteiger partial charge in [-0.3, -0.25) is 9.79 Å². The minimum Gasteiger partial charge on any atom is -0.387 e. The molecule has 0 saturated carbocycles. The second-order valence-electron chi connectivity index (χ2n) is 4.74. The number of Topliss-reactive ketones (excluding diaryl/α,β-unsaturated/α-hetero) is 1. The first-order chi connectivity index (χ1) is 10.2. The van der Waals surface area contributed by atoms with E-state index < -0.39 is 0 Å². The molecule has 0 aliphatic heterocycles. The summed E-state index contributed by atoms with van der Waals surface area (Å²) >= 11 is 0. The van der Waals surface area contributed by atoms with E-state index in [9.17, 15) is 4.79 Å². The van der Waals surface area contributed by atoms with Gasteiger partial charge in [-0.2, -0.15) is 0 Å². The topological polar surface area (TPSA) is 67.8 Å². The molecule has 0 heterocycles. The van der Waals surface area contributed by atoms with Crippen molar-refractivity contribution in [3.05, 3.63) is 59.3 Å². The summed E-state index contributed by atoms with van der Waals surface area (Å²) in [6.07, 6.45) is 6.62. The lowest BCUT2D eigenvalue weighted by Gasteiger charge is -2.17. The molecule has 0 bridgehead atoms. The zero-order chi connectivity index (χ0) is 15.2. The fourth-order valence-electron chi connectivity index (χ4n) is 2.20. The molecule has 0 radical (unpaired) electrons. The van der Waals surface area contributed by atoms with Crippen molar-refractivity contribution in [3.63, 3.8) is 0 Å². The van der Waals surface area contributed by atoms with Crippen LogP contribution in [0.2, 0.25) is 0 Å². The van der Waals surface area contributed by atoms with Gasteiger partial charge in [-0.05, 0) is 12.5 Å². The maximum Gasteiger partial charge on any atom is 0.190 e. The van der Waals surface area contributed by atoms with Crippen LogP contribution >= 0.6 is 0 Å². The normalized spacial score (nSPS) is 17.2. The summed E-state index contributed by atoms with van der Waals surface area (Å²) in [5.41, 5.74) is 8.85. The van der Waals surface area contributed by atoms with Gasteiger partial charge in [-0.1, -0.05) is 37.3 Å². The second-order valence-corrected chi connectivity index (χ2v) is 4.74. The molecule has 1 aromatic rings. The maximum absolute atomic E-state index is 12.5. The fourth-order valence-corrected chi connectivity index (χ4v) is 2.20. The van der Waals surface area contributed by atoms with Gasteiger partial charge in [0.1, 0.15) is 5.84 Å². The van der Waals surface area contributed by atoms with Crippen molar-refractivity contribution in [2.24, 2.45) is 15.7 Å². The van der Waals surface area contributed by atoms with Crippen molar-refractivity contribution >= 4 is 17.3 Å². The largest absolute Gasteiger partial charge is 0.387 e. The SMILES string of the molecule is CC/C=C/N=C(N)CC1=CC(=NC)c2ccccc2C1=O. The Kier molecular flexibility index (Phi) is 4.82. The van der Waals surface area contributed by atoms with Crippen molar-refractivity contribution < 1.29 is 4.79 Å². The standard InChI is InChI=1S/C17H19N3O/c1-3-4-9-20-16(18)11-12-10-15(19-2)13-7-5-6-8-14(13)17(12)21/h4-10H,3,11H2,1-2H3,(H2,18,20)/b9-4+,19-15?. The number of benzene rings is 1. The van der Waals surface area contributed by atoms with Crippen LogP contribution < -0.4 is 5.73 Å². The van der Waals surface area contributed by atoms with Gasteiger partial charge in [0.15, 0.2) is 5.78 Å².